The van der Waals surface area contributed by atoms with E-state index in [0.29, 0.717) is 28.6 Å². The number of esters is 1. The lowest BCUT2D eigenvalue weighted by atomic mass is 10.2. The summed E-state index contributed by atoms with van der Waals surface area (Å²) in [5, 5.41) is 7.46. The number of nitrogens with one attached hydrogen (secondary N) is 1. The standard InChI is InChI=1S/C19H16ClN3O3/c1-13(24)22-16-6-8-17(9-7-16)26-19(25)15-10-21-23(12-15)11-14-4-2-3-5-18(14)20/h2-10,12H,11H2,1H3,(H,22,24). The van der Waals surface area contributed by atoms with Gasteiger partial charge in [0.1, 0.15) is 5.75 Å². The topological polar surface area (TPSA) is 73.2 Å². The maximum Gasteiger partial charge on any atom is 0.346 e. The zero-order valence-electron chi connectivity index (χ0n) is 14.0. The molecule has 7 heteroatoms. The quantitative estimate of drug-likeness (QED) is 0.549. The molecule has 2 aromatic carbocycles. The predicted molar refractivity (Wildman–Crippen MR) is 98.5 cm³/mol. The van der Waals surface area contributed by atoms with E-state index in [0.717, 1.165) is 5.56 Å². The molecule has 0 saturated heterocycles. The molecule has 0 atom stereocenters. The zero-order chi connectivity index (χ0) is 18.5. The fourth-order valence-corrected chi connectivity index (χ4v) is 2.53. The smallest absolute Gasteiger partial charge is 0.346 e. The van der Waals surface area contributed by atoms with Gasteiger partial charge in [0, 0.05) is 23.8 Å². The molecule has 0 fully saturated rings. The molecule has 0 aliphatic carbocycles. The minimum absolute atomic E-state index is 0.166. The van der Waals surface area contributed by atoms with Gasteiger partial charge < -0.3 is 10.1 Å². The number of amides is 1. The number of ether oxygens (including phenoxy) is 1. The van der Waals surface area contributed by atoms with E-state index in [1.54, 1.807) is 41.2 Å². The molecule has 0 aliphatic heterocycles. The highest BCUT2D eigenvalue weighted by atomic mass is 35.5. The van der Waals surface area contributed by atoms with Gasteiger partial charge in [0.15, 0.2) is 0 Å². The van der Waals surface area contributed by atoms with Gasteiger partial charge in [-0.05, 0) is 35.9 Å². The van der Waals surface area contributed by atoms with Crippen LogP contribution in [0.15, 0.2) is 60.9 Å². The Morgan fingerprint density at radius 3 is 2.58 bits per heavy atom. The van der Waals surface area contributed by atoms with Gasteiger partial charge in [-0.2, -0.15) is 5.10 Å². The molecule has 1 heterocycles. The van der Waals surface area contributed by atoms with Gasteiger partial charge in [-0.25, -0.2) is 4.79 Å². The molecule has 26 heavy (non-hydrogen) atoms. The highest BCUT2D eigenvalue weighted by Gasteiger charge is 2.12. The van der Waals surface area contributed by atoms with E-state index < -0.39 is 5.97 Å². The van der Waals surface area contributed by atoms with Gasteiger partial charge in [-0.15, -0.1) is 0 Å². The first-order chi connectivity index (χ1) is 12.5. The molecule has 1 N–H and O–H groups in total. The average Bonchev–Trinajstić information content (AvgIpc) is 3.07. The molecule has 1 amide bonds. The Hall–Kier alpha value is -3.12. The minimum atomic E-state index is -0.511. The third kappa shape index (κ3) is 4.49. The van der Waals surface area contributed by atoms with Gasteiger partial charge in [0.2, 0.25) is 5.91 Å². The van der Waals surface area contributed by atoms with Crippen molar-refractivity contribution in [3.8, 4) is 5.75 Å². The first-order valence-electron chi connectivity index (χ1n) is 7.87. The number of carbonyl (C=O) groups is 2. The van der Waals surface area contributed by atoms with Gasteiger partial charge in [0.05, 0.1) is 18.3 Å². The van der Waals surface area contributed by atoms with Crippen molar-refractivity contribution in [1.82, 2.24) is 9.78 Å². The Balaban J connectivity index is 1.64. The van der Waals surface area contributed by atoms with Crippen LogP contribution in [0, 0.1) is 0 Å². The second-order valence-corrected chi connectivity index (χ2v) is 6.02. The van der Waals surface area contributed by atoms with Crippen LogP contribution >= 0.6 is 11.6 Å². The van der Waals surface area contributed by atoms with Gasteiger partial charge >= 0.3 is 5.97 Å². The van der Waals surface area contributed by atoms with Crippen LogP contribution in [0.25, 0.3) is 0 Å². The summed E-state index contributed by atoms with van der Waals surface area (Å²) in [5.74, 6) is -0.300. The lowest BCUT2D eigenvalue weighted by Gasteiger charge is -2.05. The lowest BCUT2D eigenvalue weighted by molar-refractivity contribution is -0.114. The molecule has 3 rings (SSSR count). The number of benzene rings is 2. The summed E-state index contributed by atoms with van der Waals surface area (Å²) in [6, 6.07) is 14.0. The highest BCUT2D eigenvalue weighted by molar-refractivity contribution is 6.31. The lowest BCUT2D eigenvalue weighted by Crippen LogP contribution is -2.08. The molecule has 6 nitrogen and oxygen atoms in total. The minimum Gasteiger partial charge on any atom is -0.423 e. The van der Waals surface area contributed by atoms with E-state index in [1.807, 2.05) is 18.2 Å². The van der Waals surface area contributed by atoms with Crippen molar-refractivity contribution < 1.29 is 14.3 Å². The third-order valence-electron chi connectivity index (χ3n) is 3.54. The fourth-order valence-electron chi connectivity index (χ4n) is 2.33. The number of hydrogen-bond donors (Lipinski definition) is 1. The van der Waals surface area contributed by atoms with Crippen LogP contribution in [0.1, 0.15) is 22.8 Å². The molecule has 132 valence electrons. The largest absolute Gasteiger partial charge is 0.423 e. The number of carbonyl (C=O) groups excluding carboxylic acids is 2. The average molecular weight is 370 g/mol. The number of hydrogen-bond acceptors (Lipinski definition) is 4. The first kappa shape index (κ1) is 17.7. The van der Waals surface area contributed by atoms with Crippen molar-refractivity contribution in [3.63, 3.8) is 0 Å². The Kier molecular flexibility index (Phi) is 5.34. The van der Waals surface area contributed by atoms with Crippen molar-refractivity contribution in [2.24, 2.45) is 0 Å². The van der Waals surface area contributed by atoms with Gasteiger partial charge in [0.25, 0.3) is 0 Å². The summed E-state index contributed by atoms with van der Waals surface area (Å²) in [4.78, 5) is 23.2. The molecule has 0 aliphatic rings. The fraction of sp³-hybridized carbons (Fsp3) is 0.105. The summed E-state index contributed by atoms with van der Waals surface area (Å²) < 4.78 is 6.94. The maximum absolute atomic E-state index is 12.2. The van der Waals surface area contributed by atoms with Crippen molar-refractivity contribution in [1.29, 1.82) is 0 Å². The summed E-state index contributed by atoms with van der Waals surface area (Å²) in [6.07, 6.45) is 3.06. The normalized spacial score (nSPS) is 10.4. The summed E-state index contributed by atoms with van der Waals surface area (Å²) >= 11 is 6.14. The Labute approximate surface area is 155 Å². The maximum atomic E-state index is 12.2. The molecule has 3 aromatic rings. The van der Waals surface area contributed by atoms with Gasteiger partial charge in [-0.1, -0.05) is 29.8 Å². The number of anilines is 1. The van der Waals surface area contributed by atoms with Crippen molar-refractivity contribution in [3.05, 3.63) is 77.1 Å². The molecule has 0 spiro atoms. The molecular formula is C19H16ClN3O3. The Morgan fingerprint density at radius 2 is 1.88 bits per heavy atom. The second-order valence-electron chi connectivity index (χ2n) is 5.61. The second kappa shape index (κ2) is 7.84. The SMILES string of the molecule is CC(=O)Nc1ccc(OC(=O)c2cnn(Cc3ccccc3Cl)c2)cc1. The molecule has 0 bridgehead atoms. The van der Waals surface area contributed by atoms with E-state index >= 15 is 0 Å². The van der Waals surface area contributed by atoms with Crippen LogP contribution in [0.2, 0.25) is 5.02 Å². The monoisotopic (exact) mass is 369 g/mol. The Morgan fingerprint density at radius 1 is 1.15 bits per heavy atom. The van der Waals surface area contributed by atoms with E-state index in [9.17, 15) is 9.59 Å². The molecule has 0 unspecified atom stereocenters. The zero-order valence-corrected chi connectivity index (χ0v) is 14.7. The Bertz CT molecular complexity index is 935. The third-order valence-corrected chi connectivity index (χ3v) is 3.91. The summed E-state index contributed by atoms with van der Waals surface area (Å²) in [7, 11) is 0. The molecule has 1 aromatic heterocycles. The van der Waals surface area contributed by atoms with Gasteiger partial charge in [-0.3, -0.25) is 9.48 Å². The van der Waals surface area contributed by atoms with E-state index in [2.05, 4.69) is 10.4 Å². The van der Waals surface area contributed by atoms with Crippen LogP contribution in [0.3, 0.4) is 0 Å². The molecule has 0 saturated carbocycles. The molecule has 0 radical (unpaired) electrons. The number of nitrogens with zero attached hydrogens (tertiary/aromatic N) is 2. The first-order valence-corrected chi connectivity index (χ1v) is 8.25. The van der Waals surface area contributed by atoms with E-state index in [4.69, 9.17) is 16.3 Å². The number of halogens is 1. The van der Waals surface area contributed by atoms with Crippen LogP contribution < -0.4 is 10.1 Å². The van der Waals surface area contributed by atoms with Crippen molar-refractivity contribution >= 4 is 29.2 Å². The number of rotatable bonds is 5. The predicted octanol–water partition coefficient (Wildman–Crippen LogP) is 3.76. The van der Waals surface area contributed by atoms with Crippen LogP contribution in [-0.2, 0) is 11.3 Å². The summed E-state index contributed by atoms with van der Waals surface area (Å²) in [6.45, 7) is 1.88. The van der Waals surface area contributed by atoms with Crippen LogP contribution in [0.4, 0.5) is 5.69 Å². The van der Waals surface area contributed by atoms with Crippen LogP contribution in [-0.4, -0.2) is 21.7 Å². The van der Waals surface area contributed by atoms with Crippen molar-refractivity contribution in [2.45, 2.75) is 13.5 Å². The molecular weight excluding hydrogens is 354 g/mol. The highest BCUT2D eigenvalue weighted by Crippen LogP contribution is 2.18. The van der Waals surface area contributed by atoms with E-state index in [1.165, 1.54) is 13.1 Å². The number of aromatic nitrogens is 2. The van der Waals surface area contributed by atoms with E-state index in [-0.39, 0.29) is 5.91 Å². The summed E-state index contributed by atoms with van der Waals surface area (Å²) in [5.41, 5.74) is 1.87. The van der Waals surface area contributed by atoms with Crippen LogP contribution in [0.5, 0.6) is 5.75 Å². The van der Waals surface area contributed by atoms with Crippen molar-refractivity contribution in [2.75, 3.05) is 5.32 Å².